The van der Waals surface area contributed by atoms with Gasteiger partial charge in [-0.25, -0.2) is 0 Å². The number of nitrogens with one attached hydrogen (secondary N) is 2. The highest BCUT2D eigenvalue weighted by Gasteiger charge is 2.40. The molecule has 0 fully saturated rings. The van der Waals surface area contributed by atoms with Crippen molar-refractivity contribution in [3.63, 3.8) is 0 Å². The molecule has 1 aromatic rings. The van der Waals surface area contributed by atoms with Crippen LogP contribution in [0.1, 0.15) is 28.9 Å². The molecule has 0 aromatic heterocycles. The number of anilines is 1. The summed E-state index contributed by atoms with van der Waals surface area (Å²) in [6.45, 7) is 1.28. The second-order valence-corrected chi connectivity index (χ2v) is 4.58. The van der Waals surface area contributed by atoms with E-state index in [9.17, 15) is 27.6 Å². The number of ketones is 1. The van der Waals surface area contributed by atoms with Crippen LogP contribution in [0.15, 0.2) is 12.1 Å². The normalized spacial score (nSPS) is 15.1. The highest BCUT2D eigenvalue weighted by Crippen LogP contribution is 2.37. The fourth-order valence-corrected chi connectivity index (χ4v) is 2.14. The average Bonchev–Trinajstić information content (AvgIpc) is 2.73. The van der Waals surface area contributed by atoms with Crippen LogP contribution in [0.4, 0.5) is 18.9 Å². The van der Waals surface area contributed by atoms with Gasteiger partial charge in [-0.2, -0.15) is 13.2 Å². The number of amides is 2. The summed E-state index contributed by atoms with van der Waals surface area (Å²) in [5.74, 6) is -3.73. The molecule has 1 aliphatic heterocycles. The van der Waals surface area contributed by atoms with Gasteiger partial charge >= 0.3 is 12.1 Å². The molecule has 6 nitrogen and oxygen atoms in total. The van der Waals surface area contributed by atoms with Gasteiger partial charge in [-0.3, -0.25) is 14.4 Å². The van der Waals surface area contributed by atoms with Gasteiger partial charge in [-0.15, -0.1) is 0 Å². The summed E-state index contributed by atoms with van der Waals surface area (Å²) in [6, 6.07) is 1.60. The number of hydrogen-bond donors (Lipinski definition) is 2. The number of carbonyl (C=O) groups is 3. The van der Waals surface area contributed by atoms with Crippen molar-refractivity contribution >= 4 is 23.3 Å². The van der Waals surface area contributed by atoms with Crippen molar-refractivity contribution < 1.29 is 32.3 Å². The molecule has 1 atom stereocenters. The van der Waals surface area contributed by atoms with Gasteiger partial charge in [0.2, 0.25) is 0 Å². The maximum atomic E-state index is 12.3. The molecule has 9 heteroatoms. The lowest BCUT2D eigenvalue weighted by Gasteiger charge is -2.18. The quantitative estimate of drug-likeness (QED) is 0.829. The molecule has 0 saturated heterocycles. The maximum Gasteiger partial charge on any atom is 0.471 e. The number of hydrogen-bond acceptors (Lipinski definition) is 4. The van der Waals surface area contributed by atoms with Gasteiger partial charge < -0.3 is 15.4 Å². The van der Waals surface area contributed by atoms with Crippen molar-refractivity contribution in [2.45, 2.75) is 19.1 Å². The Morgan fingerprint density at radius 1 is 1.32 bits per heavy atom. The monoisotopic (exact) mass is 316 g/mol. The number of halogens is 3. The van der Waals surface area contributed by atoms with Crippen LogP contribution in [0.2, 0.25) is 0 Å². The molecule has 118 valence electrons. The van der Waals surface area contributed by atoms with E-state index in [4.69, 9.17) is 4.74 Å². The summed E-state index contributed by atoms with van der Waals surface area (Å²) in [7, 11) is 1.32. The summed E-state index contributed by atoms with van der Waals surface area (Å²) in [6.07, 6.45) is -5.04. The Kier molecular flexibility index (Phi) is 3.82. The van der Waals surface area contributed by atoms with Gasteiger partial charge in [0.1, 0.15) is 5.75 Å². The molecule has 0 aliphatic carbocycles. The molecule has 2 amide bonds. The summed E-state index contributed by atoms with van der Waals surface area (Å²) in [4.78, 5) is 34.3. The second-order valence-electron chi connectivity index (χ2n) is 4.58. The number of benzene rings is 1. The molecule has 1 heterocycles. The molecule has 0 saturated carbocycles. The van der Waals surface area contributed by atoms with E-state index in [0.717, 1.165) is 0 Å². The Bertz CT molecular complexity index is 670. The van der Waals surface area contributed by atoms with E-state index in [1.165, 1.54) is 26.2 Å². The number of carbonyl (C=O) groups excluding carboxylic acids is 3. The van der Waals surface area contributed by atoms with Crippen LogP contribution in [0.25, 0.3) is 0 Å². The van der Waals surface area contributed by atoms with Gasteiger partial charge in [-0.1, -0.05) is 6.07 Å². The Morgan fingerprint density at radius 3 is 2.50 bits per heavy atom. The first-order valence-electron chi connectivity index (χ1n) is 6.11. The minimum atomic E-state index is -5.04. The molecule has 0 spiro atoms. The maximum absolute atomic E-state index is 12.3. The fraction of sp³-hybridized carbons (Fsp3) is 0.308. The zero-order chi connectivity index (χ0) is 16.7. The van der Waals surface area contributed by atoms with Crippen LogP contribution in [-0.4, -0.2) is 30.9 Å². The Morgan fingerprint density at radius 2 is 1.95 bits per heavy atom. The summed E-state index contributed by atoms with van der Waals surface area (Å²) >= 11 is 0. The second kappa shape index (κ2) is 5.32. The number of ether oxygens (including phenoxy) is 1. The van der Waals surface area contributed by atoms with Gasteiger partial charge in [0, 0.05) is 0 Å². The zero-order valence-electron chi connectivity index (χ0n) is 11.5. The summed E-state index contributed by atoms with van der Waals surface area (Å²) in [5.41, 5.74) is 0.0826. The Hall–Kier alpha value is -2.58. The van der Waals surface area contributed by atoms with Crippen LogP contribution in [-0.2, 0) is 9.59 Å². The molecule has 0 bridgehead atoms. The number of methoxy groups -OCH3 is 1. The van der Waals surface area contributed by atoms with Crippen LogP contribution >= 0.6 is 0 Å². The van der Waals surface area contributed by atoms with Crippen molar-refractivity contribution in [1.29, 1.82) is 0 Å². The molecule has 1 unspecified atom stereocenters. The van der Waals surface area contributed by atoms with Crippen molar-refractivity contribution in [2.75, 3.05) is 12.4 Å². The number of fused-ring (bicyclic) bond motifs is 1. The minimum Gasteiger partial charge on any atom is -0.495 e. The van der Waals surface area contributed by atoms with Gasteiger partial charge in [-0.05, 0) is 18.6 Å². The molecular formula is C13H11F3N2O4. The Labute approximate surface area is 122 Å². The lowest BCUT2D eigenvalue weighted by molar-refractivity contribution is -0.174. The van der Waals surface area contributed by atoms with E-state index in [1.54, 1.807) is 5.32 Å². The third kappa shape index (κ3) is 2.61. The predicted octanol–water partition coefficient (Wildman–Crippen LogP) is 1.57. The van der Waals surface area contributed by atoms with E-state index >= 15 is 0 Å². The van der Waals surface area contributed by atoms with Crippen molar-refractivity contribution in [3.8, 4) is 5.75 Å². The predicted molar refractivity (Wildman–Crippen MR) is 68.6 cm³/mol. The van der Waals surface area contributed by atoms with Gasteiger partial charge in [0.15, 0.2) is 0 Å². The molecule has 2 rings (SSSR count). The van der Waals surface area contributed by atoms with Crippen molar-refractivity contribution in [2.24, 2.45) is 0 Å². The Balaban J connectivity index is 2.42. The fourth-order valence-electron chi connectivity index (χ4n) is 2.14. The topological polar surface area (TPSA) is 84.5 Å². The third-order valence-corrected chi connectivity index (χ3v) is 3.16. The van der Waals surface area contributed by atoms with Gasteiger partial charge in [0.05, 0.1) is 24.4 Å². The lowest BCUT2D eigenvalue weighted by Crippen LogP contribution is -2.38. The van der Waals surface area contributed by atoms with Crippen molar-refractivity contribution in [3.05, 3.63) is 23.3 Å². The smallest absolute Gasteiger partial charge is 0.471 e. The first-order chi connectivity index (χ1) is 10.2. The molecule has 1 aliphatic rings. The molecular weight excluding hydrogens is 305 g/mol. The third-order valence-electron chi connectivity index (χ3n) is 3.16. The van der Waals surface area contributed by atoms with E-state index < -0.39 is 29.8 Å². The molecule has 1 aromatic carbocycles. The van der Waals surface area contributed by atoms with Crippen LogP contribution in [0.5, 0.6) is 5.75 Å². The zero-order valence-corrected chi connectivity index (χ0v) is 11.5. The first kappa shape index (κ1) is 15.8. The SMILES string of the molecule is COc1ccc(C(C)NC(=O)C(F)(F)F)c2c1NC(=O)C2=O. The molecule has 0 radical (unpaired) electrons. The summed E-state index contributed by atoms with van der Waals surface area (Å²) < 4.78 is 41.9. The standard InChI is InChI=1S/C13H11F3N2O4/c1-5(17-12(21)13(14,15)16)6-3-4-7(22-2)9-8(6)10(19)11(20)18-9/h3-5H,1-2H3,(H,17,21)(H,18,19,20). The average molecular weight is 316 g/mol. The van der Waals surface area contributed by atoms with Crippen molar-refractivity contribution in [1.82, 2.24) is 5.32 Å². The van der Waals surface area contributed by atoms with E-state index in [2.05, 4.69) is 5.32 Å². The summed E-state index contributed by atoms with van der Waals surface area (Å²) in [5, 5.41) is 4.04. The largest absolute Gasteiger partial charge is 0.495 e. The van der Waals surface area contributed by atoms with Gasteiger partial charge in [0.25, 0.3) is 11.7 Å². The van der Waals surface area contributed by atoms with E-state index in [0.29, 0.717) is 0 Å². The number of rotatable bonds is 3. The van der Waals surface area contributed by atoms with E-state index in [1.807, 2.05) is 0 Å². The number of alkyl halides is 3. The van der Waals surface area contributed by atoms with Crippen LogP contribution in [0.3, 0.4) is 0 Å². The molecule has 22 heavy (non-hydrogen) atoms. The van der Waals surface area contributed by atoms with Crippen LogP contribution < -0.4 is 15.4 Å². The highest BCUT2D eigenvalue weighted by atomic mass is 19.4. The van der Waals surface area contributed by atoms with E-state index in [-0.39, 0.29) is 22.6 Å². The molecule has 2 N–H and O–H groups in total. The first-order valence-corrected chi connectivity index (χ1v) is 6.11. The van der Waals surface area contributed by atoms with Crippen LogP contribution in [0, 0.1) is 0 Å². The highest BCUT2D eigenvalue weighted by molar-refractivity contribution is 6.52. The number of Topliss-reactive ketones (excluding diaryl/α,β-unsaturated/α-hetero) is 1. The lowest BCUT2D eigenvalue weighted by atomic mass is 9.98. The minimum absolute atomic E-state index is 0.0862.